The quantitative estimate of drug-likeness (QED) is 0.658. The van der Waals surface area contributed by atoms with Gasteiger partial charge in [0.1, 0.15) is 0 Å². The lowest BCUT2D eigenvalue weighted by atomic mass is 10.1. The zero-order valence-electron chi connectivity index (χ0n) is 14.2. The number of hydrogen-bond donors (Lipinski definition) is 2. The van der Waals surface area contributed by atoms with E-state index in [4.69, 9.17) is 0 Å². The van der Waals surface area contributed by atoms with Gasteiger partial charge in [-0.3, -0.25) is 9.97 Å². The Morgan fingerprint density at radius 3 is 1.61 bits per heavy atom. The molecule has 0 aromatic carbocycles. The summed E-state index contributed by atoms with van der Waals surface area (Å²) in [7, 11) is 0. The van der Waals surface area contributed by atoms with Crippen LogP contribution in [0.5, 0.6) is 0 Å². The standard InChI is InChI=1S/C19H28N4/c1-16(18-10-4-8-14-22-18)20-12-6-3-7-13-21-17(2)19-11-5-9-15-23-19/h4-5,8-11,14-17,20-21H,3,6-7,12-13H2,1-2H3/t16-,17+. The highest BCUT2D eigenvalue weighted by Gasteiger charge is 2.05. The molecule has 0 spiro atoms. The highest BCUT2D eigenvalue weighted by atomic mass is 14.9. The molecule has 2 N–H and O–H groups in total. The second-order valence-electron chi connectivity index (χ2n) is 5.92. The largest absolute Gasteiger partial charge is 0.309 e. The molecule has 0 saturated carbocycles. The lowest BCUT2D eigenvalue weighted by molar-refractivity contribution is 0.502. The molecule has 2 aromatic heterocycles. The molecule has 23 heavy (non-hydrogen) atoms. The van der Waals surface area contributed by atoms with Crippen LogP contribution in [0.3, 0.4) is 0 Å². The average Bonchev–Trinajstić information content (AvgIpc) is 2.62. The van der Waals surface area contributed by atoms with E-state index in [-0.39, 0.29) is 0 Å². The topological polar surface area (TPSA) is 49.8 Å². The van der Waals surface area contributed by atoms with E-state index in [1.165, 1.54) is 19.3 Å². The summed E-state index contributed by atoms with van der Waals surface area (Å²) >= 11 is 0. The number of rotatable bonds is 10. The van der Waals surface area contributed by atoms with E-state index < -0.39 is 0 Å². The second kappa shape index (κ2) is 10.1. The summed E-state index contributed by atoms with van der Waals surface area (Å²) in [6, 6.07) is 12.8. The van der Waals surface area contributed by atoms with E-state index in [2.05, 4.69) is 46.6 Å². The van der Waals surface area contributed by atoms with Crippen LogP contribution in [0.1, 0.15) is 56.6 Å². The first-order valence-corrected chi connectivity index (χ1v) is 8.56. The molecule has 0 unspecified atom stereocenters. The molecule has 2 rings (SSSR count). The van der Waals surface area contributed by atoms with Gasteiger partial charge in [0.05, 0.1) is 11.4 Å². The zero-order chi connectivity index (χ0) is 16.3. The van der Waals surface area contributed by atoms with Gasteiger partial charge in [-0.25, -0.2) is 0 Å². The minimum atomic E-state index is 0.318. The van der Waals surface area contributed by atoms with Gasteiger partial charge in [-0.15, -0.1) is 0 Å². The molecule has 0 saturated heterocycles. The number of unbranched alkanes of at least 4 members (excludes halogenated alkanes) is 2. The van der Waals surface area contributed by atoms with Gasteiger partial charge in [-0.1, -0.05) is 18.6 Å². The van der Waals surface area contributed by atoms with Gasteiger partial charge in [0, 0.05) is 24.5 Å². The van der Waals surface area contributed by atoms with E-state index in [9.17, 15) is 0 Å². The molecule has 0 fully saturated rings. The van der Waals surface area contributed by atoms with Crippen LogP contribution in [0, 0.1) is 0 Å². The summed E-state index contributed by atoms with van der Waals surface area (Å²) in [5.41, 5.74) is 2.22. The maximum atomic E-state index is 4.38. The fourth-order valence-corrected chi connectivity index (χ4v) is 2.54. The van der Waals surface area contributed by atoms with E-state index in [1.54, 1.807) is 0 Å². The van der Waals surface area contributed by atoms with Gasteiger partial charge in [0.2, 0.25) is 0 Å². The van der Waals surface area contributed by atoms with Crippen molar-refractivity contribution in [2.24, 2.45) is 0 Å². The van der Waals surface area contributed by atoms with Crippen LogP contribution in [0.4, 0.5) is 0 Å². The average molecular weight is 312 g/mol. The van der Waals surface area contributed by atoms with Gasteiger partial charge in [-0.05, 0) is 64.0 Å². The smallest absolute Gasteiger partial charge is 0.0570 e. The summed E-state index contributed by atoms with van der Waals surface area (Å²) in [6.07, 6.45) is 7.31. The van der Waals surface area contributed by atoms with Crippen molar-refractivity contribution in [3.8, 4) is 0 Å². The first kappa shape index (κ1) is 17.6. The molecule has 0 aliphatic heterocycles. The first-order chi connectivity index (χ1) is 11.3. The molecular formula is C19H28N4. The third-order valence-corrected chi connectivity index (χ3v) is 4.02. The summed E-state index contributed by atoms with van der Waals surface area (Å²) in [4.78, 5) is 8.75. The number of pyridine rings is 2. The Balaban J connectivity index is 1.51. The van der Waals surface area contributed by atoms with Crippen molar-refractivity contribution < 1.29 is 0 Å². The number of nitrogens with one attached hydrogen (secondary N) is 2. The summed E-state index contributed by atoms with van der Waals surface area (Å²) in [6.45, 7) is 6.40. The second-order valence-corrected chi connectivity index (χ2v) is 5.92. The van der Waals surface area contributed by atoms with Crippen molar-refractivity contribution in [3.63, 3.8) is 0 Å². The molecule has 4 nitrogen and oxygen atoms in total. The maximum absolute atomic E-state index is 4.38. The van der Waals surface area contributed by atoms with Gasteiger partial charge in [-0.2, -0.15) is 0 Å². The fourth-order valence-electron chi connectivity index (χ4n) is 2.54. The molecule has 2 aromatic rings. The predicted molar refractivity (Wildman–Crippen MR) is 95.2 cm³/mol. The zero-order valence-corrected chi connectivity index (χ0v) is 14.2. The fraction of sp³-hybridized carbons (Fsp3) is 0.474. The highest BCUT2D eigenvalue weighted by Crippen LogP contribution is 2.09. The van der Waals surface area contributed by atoms with Crippen molar-refractivity contribution in [2.75, 3.05) is 13.1 Å². The Morgan fingerprint density at radius 1 is 0.739 bits per heavy atom. The minimum Gasteiger partial charge on any atom is -0.309 e. The molecule has 124 valence electrons. The monoisotopic (exact) mass is 312 g/mol. The van der Waals surface area contributed by atoms with Gasteiger partial charge in [0.25, 0.3) is 0 Å². The van der Waals surface area contributed by atoms with Crippen LogP contribution in [0.25, 0.3) is 0 Å². The lowest BCUT2D eigenvalue weighted by Gasteiger charge is -2.14. The Bertz CT molecular complexity index is 480. The number of nitrogens with zero attached hydrogens (tertiary/aromatic N) is 2. The highest BCUT2D eigenvalue weighted by molar-refractivity contribution is 5.08. The third-order valence-electron chi connectivity index (χ3n) is 4.02. The normalized spacial score (nSPS) is 13.7. The van der Waals surface area contributed by atoms with Crippen LogP contribution in [-0.4, -0.2) is 23.1 Å². The minimum absolute atomic E-state index is 0.318. The molecule has 2 atom stereocenters. The Labute approximate surface area is 139 Å². The predicted octanol–water partition coefficient (Wildman–Crippen LogP) is 3.65. The lowest BCUT2D eigenvalue weighted by Crippen LogP contribution is -2.22. The SMILES string of the molecule is C[C@H](NCCCCCN[C@H](C)c1ccccn1)c1ccccn1. The molecular weight excluding hydrogens is 284 g/mol. The third kappa shape index (κ3) is 6.47. The number of hydrogen-bond acceptors (Lipinski definition) is 4. The van der Waals surface area contributed by atoms with Crippen LogP contribution < -0.4 is 10.6 Å². The van der Waals surface area contributed by atoms with Crippen molar-refractivity contribution in [1.82, 2.24) is 20.6 Å². The molecule has 0 aliphatic rings. The molecule has 0 radical (unpaired) electrons. The van der Waals surface area contributed by atoms with Crippen molar-refractivity contribution in [1.29, 1.82) is 0 Å². The van der Waals surface area contributed by atoms with E-state index in [0.29, 0.717) is 12.1 Å². The Kier molecular flexibility index (Phi) is 7.70. The van der Waals surface area contributed by atoms with E-state index in [0.717, 1.165) is 24.5 Å². The van der Waals surface area contributed by atoms with Crippen LogP contribution >= 0.6 is 0 Å². The molecule has 2 heterocycles. The summed E-state index contributed by atoms with van der Waals surface area (Å²) < 4.78 is 0. The van der Waals surface area contributed by atoms with Gasteiger partial charge < -0.3 is 10.6 Å². The Morgan fingerprint density at radius 2 is 1.22 bits per heavy atom. The molecule has 0 amide bonds. The number of aromatic nitrogens is 2. The van der Waals surface area contributed by atoms with Gasteiger partial charge in [0.15, 0.2) is 0 Å². The Hall–Kier alpha value is -1.78. The maximum Gasteiger partial charge on any atom is 0.0570 e. The van der Waals surface area contributed by atoms with Crippen molar-refractivity contribution in [3.05, 3.63) is 60.2 Å². The van der Waals surface area contributed by atoms with Crippen molar-refractivity contribution >= 4 is 0 Å². The van der Waals surface area contributed by atoms with Crippen LogP contribution in [-0.2, 0) is 0 Å². The molecule has 0 aliphatic carbocycles. The van der Waals surface area contributed by atoms with E-state index in [1.807, 2.05) is 36.7 Å². The van der Waals surface area contributed by atoms with Crippen LogP contribution in [0.15, 0.2) is 48.8 Å². The van der Waals surface area contributed by atoms with Crippen molar-refractivity contribution in [2.45, 2.75) is 45.2 Å². The van der Waals surface area contributed by atoms with E-state index >= 15 is 0 Å². The molecule has 4 heteroatoms. The summed E-state index contributed by atoms with van der Waals surface area (Å²) in [5, 5.41) is 7.06. The van der Waals surface area contributed by atoms with Gasteiger partial charge >= 0.3 is 0 Å². The summed E-state index contributed by atoms with van der Waals surface area (Å²) in [5.74, 6) is 0. The van der Waals surface area contributed by atoms with Crippen LogP contribution in [0.2, 0.25) is 0 Å². The molecule has 0 bridgehead atoms. The first-order valence-electron chi connectivity index (χ1n) is 8.56.